The fourth-order valence-electron chi connectivity index (χ4n) is 2.50. The molecule has 1 saturated heterocycles. The molecule has 1 heterocycles. The summed E-state index contributed by atoms with van der Waals surface area (Å²) in [7, 11) is 0. The van der Waals surface area contributed by atoms with Crippen molar-refractivity contribution in [2.45, 2.75) is 55.6 Å². The van der Waals surface area contributed by atoms with Crippen LogP contribution in [0.2, 0.25) is 0 Å². The van der Waals surface area contributed by atoms with Crippen LogP contribution in [0, 0.1) is 5.92 Å². The lowest BCUT2D eigenvalue weighted by atomic mass is 9.80. The van der Waals surface area contributed by atoms with E-state index in [-0.39, 0.29) is 6.10 Å². The van der Waals surface area contributed by atoms with Crippen molar-refractivity contribution < 1.29 is 5.11 Å². The molecule has 0 spiro atoms. The van der Waals surface area contributed by atoms with Gasteiger partial charge in [0.05, 0.1) is 6.10 Å². The zero-order valence-corrected chi connectivity index (χ0v) is 11.2. The van der Waals surface area contributed by atoms with E-state index in [0.717, 1.165) is 12.3 Å². The van der Waals surface area contributed by atoms with E-state index in [1.807, 2.05) is 11.8 Å². The lowest BCUT2D eigenvalue weighted by Gasteiger charge is -2.36. The molecule has 0 aromatic rings. The highest BCUT2D eigenvalue weighted by Crippen LogP contribution is 2.39. The standard InChI is InChI=1S/C12H22OS2/c1-2-11-12(15-7-6-14-11)10(13)8-9-4-3-5-9/h9-13H,2-8H2,1H3. The molecule has 88 valence electrons. The molecule has 3 heteroatoms. The van der Waals surface area contributed by atoms with Crippen molar-refractivity contribution in [3.05, 3.63) is 0 Å². The minimum atomic E-state index is -0.0435. The highest BCUT2D eigenvalue weighted by molar-refractivity contribution is 8.07. The van der Waals surface area contributed by atoms with Crippen molar-refractivity contribution in [2.24, 2.45) is 5.92 Å². The zero-order chi connectivity index (χ0) is 10.7. The van der Waals surface area contributed by atoms with Gasteiger partial charge in [-0.1, -0.05) is 26.2 Å². The van der Waals surface area contributed by atoms with Crippen LogP contribution in [0.5, 0.6) is 0 Å². The van der Waals surface area contributed by atoms with Crippen LogP contribution < -0.4 is 0 Å². The maximum Gasteiger partial charge on any atom is 0.0672 e. The molecule has 0 amide bonds. The molecule has 2 fully saturated rings. The average Bonchev–Trinajstić information content (AvgIpc) is 2.23. The van der Waals surface area contributed by atoms with Crippen molar-refractivity contribution >= 4 is 23.5 Å². The fraction of sp³-hybridized carbons (Fsp3) is 1.00. The Balaban J connectivity index is 1.82. The number of aliphatic hydroxyl groups excluding tert-OH is 1. The number of thioether (sulfide) groups is 2. The van der Waals surface area contributed by atoms with Crippen molar-refractivity contribution in [3.8, 4) is 0 Å². The summed E-state index contributed by atoms with van der Waals surface area (Å²) >= 11 is 4.08. The van der Waals surface area contributed by atoms with Gasteiger partial charge in [0.2, 0.25) is 0 Å². The van der Waals surface area contributed by atoms with Crippen molar-refractivity contribution in [3.63, 3.8) is 0 Å². The summed E-state index contributed by atoms with van der Waals surface area (Å²) in [4.78, 5) is 0. The first-order chi connectivity index (χ1) is 7.31. The normalized spacial score (nSPS) is 34.8. The minimum Gasteiger partial charge on any atom is -0.392 e. The summed E-state index contributed by atoms with van der Waals surface area (Å²) in [6, 6.07) is 0. The Hall–Kier alpha value is 0.660. The quantitative estimate of drug-likeness (QED) is 0.823. The molecule has 2 rings (SSSR count). The summed E-state index contributed by atoms with van der Waals surface area (Å²) in [5.41, 5.74) is 0. The maximum absolute atomic E-state index is 10.3. The second kappa shape index (κ2) is 5.83. The van der Waals surface area contributed by atoms with Gasteiger partial charge >= 0.3 is 0 Å². The predicted molar refractivity (Wildman–Crippen MR) is 70.7 cm³/mol. The van der Waals surface area contributed by atoms with Gasteiger partial charge in [-0.15, -0.1) is 0 Å². The summed E-state index contributed by atoms with van der Waals surface area (Å²) < 4.78 is 0. The van der Waals surface area contributed by atoms with Gasteiger partial charge in [-0.3, -0.25) is 0 Å². The number of rotatable bonds is 4. The van der Waals surface area contributed by atoms with Crippen molar-refractivity contribution in [1.29, 1.82) is 0 Å². The smallest absolute Gasteiger partial charge is 0.0672 e. The maximum atomic E-state index is 10.3. The molecule has 15 heavy (non-hydrogen) atoms. The van der Waals surface area contributed by atoms with Crippen molar-refractivity contribution in [2.75, 3.05) is 11.5 Å². The fourth-order valence-corrected chi connectivity index (χ4v) is 5.66. The third-order valence-corrected chi connectivity index (χ3v) is 7.07. The van der Waals surface area contributed by atoms with Gasteiger partial charge in [0.15, 0.2) is 0 Å². The molecule has 3 unspecified atom stereocenters. The second-order valence-corrected chi connectivity index (χ2v) is 7.39. The molecule has 3 atom stereocenters. The Morgan fingerprint density at radius 2 is 2.00 bits per heavy atom. The Kier molecular flexibility index (Phi) is 4.71. The van der Waals surface area contributed by atoms with E-state index in [2.05, 4.69) is 18.7 Å². The monoisotopic (exact) mass is 246 g/mol. The van der Waals surface area contributed by atoms with Crippen LogP contribution in [0.1, 0.15) is 39.0 Å². The molecule has 0 aromatic heterocycles. The summed E-state index contributed by atoms with van der Waals surface area (Å²) in [5, 5.41) is 11.5. The molecular formula is C12H22OS2. The summed E-state index contributed by atoms with van der Waals surface area (Å²) in [5.74, 6) is 3.34. The molecular weight excluding hydrogens is 224 g/mol. The van der Waals surface area contributed by atoms with Crippen LogP contribution in [0.4, 0.5) is 0 Å². The van der Waals surface area contributed by atoms with Crippen LogP contribution in [0.3, 0.4) is 0 Å². The molecule has 1 saturated carbocycles. The third-order valence-electron chi connectivity index (χ3n) is 3.67. The van der Waals surface area contributed by atoms with E-state index in [4.69, 9.17) is 0 Å². The van der Waals surface area contributed by atoms with Gasteiger partial charge in [0.1, 0.15) is 0 Å². The Morgan fingerprint density at radius 1 is 1.27 bits per heavy atom. The largest absolute Gasteiger partial charge is 0.392 e. The number of hydrogen-bond acceptors (Lipinski definition) is 3. The van der Waals surface area contributed by atoms with Crippen LogP contribution in [0.15, 0.2) is 0 Å². The minimum absolute atomic E-state index is 0.0435. The topological polar surface area (TPSA) is 20.2 Å². The van der Waals surface area contributed by atoms with E-state index in [1.54, 1.807) is 0 Å². The van der Waals surface area contributed by atoms with Gasteiger partial charge < -0.3 is 5.11 Å². The number of hydrogen-bond donors (Lipinski definition) is 1. The van der Waals surface area contributed by atoms with Gasteiger partial charge in [-0.25, -0.2) is 0 Å². The predicted octanol–water partition coefficient (Wildman–Crippen LogP) is 3.16. The molecule has 1 N–H and O–H groups in total. The van der Waals surface area contributed by atoms with Crippen LogP contribution in [-0.2, 0) is 0 Å². The van der Waals surface area contributed by atoms with Gasteiger partial charge in [-0.2, -0.15) is 23.5 Å². The van der Waals surface area contributed by atoms with Gasteiger partial charge in [-0.05, 0) is 18.8 Å². The zero-order valence-electron chi connectivity index (χ0n) is 9.52. The molecule has 0 bridgehead atoms. The molecule has 0 radical (unpaired) electrons. The summed E-state index contributed by atoms with van der Waals surface area (Å²) in [6.45, 7) is 2.26. The molecule has 0 aromatic carbocycles. The second-order valence-electron chi connectivity index (χ2n) is 4.75. The highest BCUT2D eigenvalue weighted by Gasteiger charge is 2.33. The highest BCUT2D eigenvalue weighted by atomic mass is 32.2. The first kappa shape index (κ1) is 12.1. The first-order valence-corrected chi connectivity index (χ1v) is 8.32. The first-order valence-electron chi connectivity index (χ1n) is 6.22. The van der Waals surface area contributed by atoms with Crippen LogP contribution in [0.25, 0.3) is 0 Å². The van der Waals surface area contributed by atoms with Gasteiger partial charge in [0, 0.05) is 22.0 Å². The van der Waals surface area contributed by atoms with E-state index < -0.39 is 0 Å². The lowest BCUT2D eigenvalue weighted by Crippen LogP contribution is -2.38. The van der Waals surface area contributed by atoms with Crippen LogP contribution >= 0.6 is 23.5 Å². The molecule has 1 aliphatic carbocycles. The molecule has 1 nitrogen and oxygen atoms in total. The summed E-state index contributed by atoms with van der Waals surface area (Å²) in [6.07, 6.45) is 6.34. The van der Waals surface area contributed by atoms with E-state index in [1.165, 1.54) is 37.2 Å². The lowest BCUT2D eigenvalue weighted by molar-refractivity contribution is 0.114. The Labute approximate surface area is 102 Å². The van der Waals surface area contributed by atoms with Crippen LogP contribution in [-0.4, -0.2) is 33.2 Å². The van der Waals surface area contributed by atoms with E-state index >= 15 is 0 Å². The average molecular weight is 246 g/mol. The van der Waals surface area contributed by atoms with E-state index in [9.17, 15) is 5.11 Å². The van der Waals surface area contributed by atoms with Gasteiger partial charge in [0.25, 0.3) is 0 Å². The molecule has 1 aliphatic heterocycles. The van der Waals surface area contributed by atoms with Crippen molar-refractivity contribution in [1.82, 2.24) is 0 Å². The number of aliphatic hydroxyl groups is 1. The van der Waals surface area contributed by atoms with E-state index in [0.29, 0.717) is 10.5 Å². The Bertz CT molecular complexity index is 194. The molecule has 2 aliphatic rings. The third kappa shape index (κ3) is 3.07. The Morgan fingerprint density at radius 3 is 2.60 bits per heavy atom. The SMILES string of the molecule is CCC1SCCSC1C(O)CC1CCC1.